The van der Waals surface area contributed by atoms with Gasteiger partial charge >= 0.3 is 0 Å². The lowest BCUT2D eigenvalue weighted by atomic mass is 9.74. The monoisotopic (exact) mass is 290 g/mol. The zero-order valence-electron chi connectivity index (χ0n) is 14.2. The standard InChI is InChI=1S/C18H30N2O/c1-12-8-14-15(19)10-17(2,3)11-16(14)20(12)13-6-7-21-18(4,5)9-13/h8,13,15H,6-7,9-11,19H2,1-5H3. The number of nitrogens with two attached hydrogens (primary N) is 1. The lowest BCUT2D eigenvalue weighted by molar-refractivity contribution is -0.0697. The zero-order chi connectivity index (χ0) is 15.4. The molecule has 2 aliphatic rings. The third-order valence-corrected chi connectivity index (χ3v) is 5.22. The first-order valence-corrected chi connectivity index (χ1v) is 8.29. The van der Waals surface area contributed by atoms with Gasteiger partial charge < -0.3 is 15.0 Å². The van der Waals surface area contributed by atoms with Crippen LogP contribution in [-0.2, 0) is 11.2 Å². The summed E-state index contributed by atoms with van der Waals surface area (Å²) in [6, 6.07) is 3.08. The van der Waals surface area contributed by atoms with Crippen LogP contribution in [0.1, 0.15) is 76.0 Å². The van der Waals surface area contributed by atoms with Gasteiger partial charge in [-0.25, -0.2) is 0 Å². The van der Waals surface area contributed by atoms with Gasteiger partial charge in [0.2, 0.25) is 0 Å². The summed E-state index contributed by atoms with van der Waals surface area (Å²) in [5, 5.41) is 0. The predicted molar refractivity (Wildman–Crippen MR) is 86.5 cm³/mol. The van der Waals surface area contributed by atoms with Gasteiger partial charge in [0.15, 0.2) is 0 Å². The van der Waals surface area contributed by atoms with Gasteiger partial charge in [-0.05, 0) is 63.5 Å². The van der Waals surface area contributed by atoms with Crippen molar-refractivity contribution in [1.82, 2.24) is 4.57 Å². The second-order valence-electron chi connectivity index (χ2n) is 8.46. The Balaban J connectivity index is 2.00. The Kier molecular flexibility index (Phi) is 3.49. The molecule has 1 aromatic heterocycles. The van der Waals surface area contributed by atoms with Gasteiger partial charge in [-0.1, -0.05) is 13.8 Å². The first-order chi connectivity index (χ1) is 9.69. The quantitative estimate of drug-likeness (QED) is 0.852. The highest BCUT2D eigenvalue weighted by atomic mass is 16.5. The third kappa shape index (κ3) is 2.78. The minimum Gasteiger partial charge on any atom is -0.375 e. The molecule has 0 radical (unpaired) electrons. The van der Waals surface area contributed by atoms with E-state index in [0.29, 0.717) is 11.5 Å². The highest BCUT2D eigenvalue weighted by molar-refractivity contribution is 5.34. The van der Waals surface area contributed by atoms with Gasteiger partial charge in [-0.2, -0.15) is 0 Å². The molecule has 2 heterocycles. The van der Waals surface area contributed by atoms with Crippen LogP contribution in [-0.4, -0.2) is 16.8 Å². The van der Waals surface area contributed by atoms with E-state index in [9.17, 15) is 0 Å². The molecule has 1 aliphatic heterocycles. The van der Waals surface area contributed by atoms with E-state index in [1.165, 1.54) is 17.0 Å². The lowest BCUT2D eigenvalue weighted by Crippen LogP contribution is -2.37. The van der Waals surface area contributed by atoms with Crippen LogP contribution in [0.3, 0.4) is 0 Å². The van der Waals surface area contributed by atoms with Gasteiger partial charge in [0.1, 0.15) is 0 Å². The number of fused-ring (bicyclic) bond motifs is 1. The minimum absolute atomic E-state index is 0.0151. The van der Waals surface area contributed by atoms with E-state index < -0.39 is 0 Å². The summed E-state index contributed by atoms with van der Waals surface area (Å²) in [4.78, 5) is 0. The van der Waals surface area contributed by atoms with Crippen LogP contribution in [0.15, 0.2) is 6.07 Å². The van der Waals surface area contributed by atoms with Gasteiger partial charge in [0.25, 0.3) is 0 Å². The molecule has 3 rings (SSSR count). The molecule has 2 N–H and O–H groups in total. The molecular formula is C18H30N2O. The normalized spacial score (nSPS) is 31.0. The number of aromatic nitrogens is 1. The van der Waals surface area contributed by atoms with Crippen LogP contribution in [0.2, 0.25) is 0 Å². The summed E-state index contributed by atoms with van der Waals surface area (Å²) in [6.45, 7) is 12.2. The van der Waals surface area contributed by atoms with E-state index in [1.54, 1.807) is 0 Å². The van der Waals surface area contributed by atoms with E-state index in [0.717, 1.165) is 32.3 Å². The molecule has 0 aromatic carbocycles. The van der Waals surface area contributed by atoms with E-state index in [4.69, 9.17) is 10.5 Å². The second kappa shape index (κ2) is 4.85. The molecular weight excluding hydrogens is 260 g/mol. The first-order valence-electron chi connectivity index (χ1n) is 8.29. The predicted octanol–water partition coefficient (Wildman–Crippen LogP) is 3.90. The number of rotatable bonds is 1. The molecule has 21 heavy (non-hydrogen) atoms. The fraction of sp³-hybridized carbons (Fsp3) is 0.778. The van der Waals surface area contributed by atoms with Gasteiger partial charge in [-0.15, -0.1) is 0 Å². The van der Waals surface area contributed by atoms with E-state index in [-0.39, 0.29) is 11.6 Å². The highest BCUT2D eigenvalue weighted by Gasteiger charge is 2.37. The molecule has 0 spiro atoms. The molecule has 0 saturated carbocycles. The van der Waals surface area contributed by atoms with Crippen molar-refractivity contribution in [2.24, 2.45) is 11.1 Å². The molecule has 2 atom stereocenters. The zero-order valence-corrected chi connectivity index (χ0v) is 14.2. The molecule has 0 bridgehead atoms. The SMILES string of the molecule is Cc1cc2c(n1C1CCOC(C)(C)C1)CC(C)(C)CC2N. The Morgan fingerprint density at radius 3 is 2.62 bits per heavy atom. The maximum absolute atomic E-state index is 6.45. The van der Waals surface area contributed by atoms with Crippen molar-refractivity contribution in [2.45, 2.75) is 78.0 Å². The smallest absolute Gasteiger partial charge is 0.0646 e. The summed E-state index contributed by atoms with van der Waals surface area (Å²) in [7, 11) is 0. The number of aryl methyl sites for hydroxylation is 1. The van der Waals surface area contributed by atoms with Crippen molar-refractivity contribution < 1.29 is 4.74 Å². The van der Waals surface area contributed by atoms with Gasteiger partial charge in [-0.3, -0.25) is 0 Å². The molecule has 2 unspecified atom stereocenters. The molecule has 118 valence electrons. The number of hydrogen-bond donors (Lipinski definition) is 1. The number of nitrogens with zero attached hydrogens (tertiary/aromatic N) is 1. The van der Waals surface area contributed by atoms with Crippen LogP contribution in [0.25, 0.3) is 0 Å². The molecule has 1 aliphatic carbocycles. The summed E-state index contributed by atoms with van der Waals surface area (Å²) < 4.78 is 8.49. The van der Waals surface area contributed by atoms with Gasteiger partial charge in [0, 0.05) is 30.1 Å². The second-order valence-corrected chi connectivity index (χ2v) is 8.46. The molecule has 1 fully saturated rings. The number of ether oxygens (including phenoxy) is 1. The fourth-order valence-corrected chi connectivity index (χ4v) is 4.40. The summed E-state index contributed by atoms with van der Waals surface area (Å²) in [5.41, 5.74) is 11.0. The fourth-order valence-electron chi connectivity index (χ4n) is 4.40. The topological polar surface area (TPSA) is 40.2 Å². The summed E-state index contributed by atoms with van der Waals surface area (Å²) >= 11 is 0. The van der Waals surface area contributed by atoms with Crippen molar-refractivity contribution in [1.29, 1.82) is 0 Å². The average molecular weight is 290 g/mol. The van der Waals surface area contributed by atoms with Crippen molar-refractivity contribution in [3.8, 4) is 0 Å². The summed E-state index contributed by atoms with van der Waals surface area (Å²) in [5.74, 6) is 0. The average Bonchev–Trinajstić information content (AvgIpc) is 2.63. The number of hydrogen-bond acceptors (Lipinski definition) is 2. The van der Waals surface area contributed by atoms with Crippen molar-refractivity contribution >= 4 is 0 Å². The van der Waals surface area contributed by atoms with Gasteiger partial charge in [0.05, 0.1) is 5.60 Å². The molecule has 0 amide bonds. The van der Waals surface area contributed by atoms with Crippen LogP contribution in [0.4, 0.5) is 0 Å². The Morgan fingerprint density at radius 2 is 1.95 bits per heavy atom. The third-order valence-electron chi connectivity index (χ3n) is 5.22. The highest BCUT2D eigenvalue weighted by Crippen LogP contribution is 2.44. The molecule has 3 heteroatoms. The van der Waals surface area contributed by atoms with Crippen molar-refractivity contribution in [3.63, 3.8) is 0 Å². The summed E-state index contributed by atoms with van der Waals surface area (Å²) in [6.07, 6.45) is 4.43. The minimum atomic E-state index is -0.0151. The van der Waals surface area contributed by atoms with E-state index in [2.05, 4.69) is 45.3 Å². The largest absolute Gasteiger partial charge is 0.375 e. The van der Waals surface area contributed by atoms with Crippen LogP contribution < -0.4 is 5.73 Å². The molecule has 3 nitrogen and oxygen atoms in total. The maximum atomic E-state index is 6.45. The Labute approximate surface area is 128 Å². The molecule has 1 saturated heterocycles. The Bertz CT molecular complexity index is 542. The van der Waals surface area contributed by atoms with E-state index >= 15 is 0 Å². The maximum Gasteiger partial charge on any atom is 0.0646 e. The van der Waals surface area contributed by atoms with Crippen LogP contribution in [0.5, 0.6) is 0 Å². The molecule has 1 aromatic rings. The Hall–Kier alpha value is -0.800. The lowest BCUT2D eigenvalue weighted by Gasteiger charge is -2.40. The van der Waals surface area contributed by atoms with E-state index in [1.807, 2.05) is 0 Å². The van der Waals surface area contributed by atoms with Crippen molar-refractivity contribution in [3.05, 3.63) is 23.0 Å². The first kappa shape index (κ1) is 15.1. The van der Waals surface area contributed by atoms with Crippen LogP contribution >= 0.6 is 0 Å². The van der Waals surface area contributed by atoms with Crippen molar-refractivity contribution in [2.75, 3.05) is 6.61 Å². The Morgan fingerprint density at radius 1 is 1.24 bits per heavy atom. The van der Waals surface area contributed by atoms with Crippen LogP contribution in [0, 0.1) is 12.3 Å².